The van der Waals surface area contributed by atoms with E-state index in [-0.39, 0.29) is 18.6 Å². The van der Waals surface area contributed by atoms with Crippen molar-refractivity contribution < 1.29 is 19.2 Å². The third-order valence-corrected chi connectivity index (χ3v) is 4.75. The molecule has 1 aromatic rings. The molecule has 6 nitrogen and oxygen atoms in total. The quantitative estimate of drug-likeness (QED) is 0.344. The summed E-state index contributed by atoms with van der Waals surface area (Å²) in [6.45, 7) is -0.484. The van der Waals surface area contributed by atoms with Crippen LogP contribution in [0.5, 0.6) is 0 Å². The zero-order valence-electron chi connectivity index (χ0n) is 12.1. The first kappa shape index (κ1) is 16.6. The van der Waals surface area contributed by atoms with Crippen LogP contribution in [0.2, 0.25) is 0 Å². The highest BCUT2D eigenvalue weighted by molar-refractivity contribution is 9.10. The number of methoxy groups -OCH3 is 1. The molecule has 1 aromatic carbocycles. The Morgan fingerprint density at radius 2 is 2.09 bits per heavy atom. The third kappa shape index (κ3) is 2.90. The number of carbonyl (C=O) groups excluding carboxylic acids is 2. The number of hydrogen-bond acceptors (Lipinski definition) is 5. The molecule has 0 amide bonds. The highest BCUT2D eigenvalue weighted by Gasteiger charge is 2.57. The second-order valence-corrected chi connectivity index (χ2v) is 6.27. The van der Waals surface area contributed by atoms with Crippen LogP contribution in [-0.4, -0.2) is 30.3 Å². The van der Waals surface area contributed by atoms with Crippen molar-refractivity contribution in [2.75, 3.05) is 13.7 Å². The van der Waals surface area contributed by atoms with Gasteiger partial charge in [-0.2, -0.15) is 0 Å². The highest BCUT2D eigenvalue weighted by atomic mass is 79.9. The van der Waals surface area contributed by atoms with Crippen LogP contribution < -0.4 is 0 Å². The monoisotopic (exact) mass is 369 g/mol. The summed E-state index contributed by atoms with van der Waals surface area (Å²) in [5, 5.41) is 11.1. The van der Waals surface area contributed by atoms with Gasteiger partial charge in [0.15, 0.2) is 5.78 Å². The molecular formula is C15H16BrNO5. The average molecular weight is 370 g/mol. The lowest BCUT2D eigenvalue weighted by atomic mass is 9.70. The van der Waals surface area contributed by atoms with Gasteiger partial charge in [-0.25, -0.2) is 0 Å². The summed E-state index contributed by atoms with van der Waals surface area (Å²) < 4.78 is 5.64. The van der Waals surface area contributed by atoms with E-state index in [4.69, 9.17) is 4.74 Å². The second kappa shape index (κ2) is 6.56. The Balaban J connectivity index is 2.54. The van der Waals surface area contributed by atoms with Gasteiger partial charge in [-0.1, -0.05) is 28.1 Å². The molecule has 0 aromatic heterocycles. The summed E-state index contributed by atoms with van der Waals surface area (Å²) in [7, 11) is 1.21. The van der Waals surface area contributed by atoms with Crippen LogP contribution in [0.25, 0.3) is 0 Å². The molecule has 7 heteroatoms. The molecule has 1 aliphatic rings. The predicted octanol–water partition coefficient (Wildman–Crippen LogP) is 2.72. The number of benzene rings is 1. The molecule has 1 fully saturated rings. The molecule has 1 aliphatic carbocycles. The van der Waals surface area contributed by atoms with Crippen molar-refractivity contribution in [2.24, 2.45) is 5.41 Å². The Hall–Kier alpha value is -1.76. The zero-order valence-corrected chi connectivity index (χ0v) is 13.7. The minimum atomic E-state index is -1.45. The first-order valence-electron chi connectivity index (χ1n) is 6.91. The lowest BCUT2D eigenvalue weighted by molar-refractivity contribution is -0.485. The predicted molar refractivity (Wildman–Crippen MR) is 82.1 cm³/mol. The number of carbonyl (C=O) groups is 2. The van der Waals surface area contributed by atoms with Gasteiger partial charge in [0.25, 0.3) is 0 Å². The van der Waals surface area contributed by atoms with E-state index >= 15 is 0 Å². The molecular weight excluding hydrogens is 354 g/mol. The van der Waals surface area contributed by atoms with Gasteiger partial charge >= 0.3 is 5.97 Å². The molecule has 0 bridgehead atoms. The molecule has 0 aliphatic heterocycles. The van der Waals surface area contributed by atoms with E-state index in [1.54, 1.807) is 24.3 Å². The van der Waals surface area contributed by atoms with Crippen molar-refractivity contribution in [1.29, 1.82) is 0 Å². The van der Waals surface area contributed by atoms with Gasteiger partial charge in [0.2, 0.25) is 6.54 Å². The Bertz CT molecular complexity index is 600. The Labute approximate surface area is 136 Å². The summed E-state index contributed by atoms with van der Waals surface area (Å²) in [4.78, 5) is 35.4. The van der Waals surface area contributed by atoms with Gasteiger partial charge in [-0.05, 0) is 30.5 Å². The second-order valence-electron chi connectivity index (χ2n) is 5.36. The normalized spacial score (nSPS) is 22.4. The van der Waals surface area contributed by atoms with Crippen molar-refractivity contribution in [2.45, 2.75) is 25.2 Å². The fourth-order valence-electron chi connectivity index (χ4n) is 3.19. The average Bonchev–Trinajstić information content (AvgIpc) is 2.87. The molecule has 0 N–H and O–H groups in total. The highest BCUT2D eigenvalue weighted by Crippen LogP contribution is 2.47. The zero-order chi connectivity index (χ0) is 16.3. The largest absolute Gasteiger partial charge is 0.468 e. The third-order valence-electron chi connectivity index (χ3n) is 4.22. The van der Waals surface area contributed by atoms with Gasteiger partial charge in [0.1, 0.15) is 5.41 Å². The molecule has 1 saturated carbocycles. The van der Waals surface area contributed by atoms with Crippen LogP contribution in [0.15, 0.2) is 28.7 Å². The molecule has 2 rings (SSSR count). The van der Waals surface area contributed by atoms with E-state index in [0.717, 1.165) is 4.47 Å². The molecule has 2 atom stereocenters. The topological polar surface area (TPSA) is 86.5 Å². The van der Waals surface area contributed by atoms with Crippen molar-refractivity contribution in [3.05, 3.63) is 44.4 Å². The van der Waals surface area contributed by atoms with Crippen LogP contribution >= 0.6 is 15.9 Å². The number of esters is 1. The van der Waals surface area contributed by atoms with E-state index in [1.807, 2.05) is 0 Å². The summed E-state index contributed by atoms with van der Waals surface area (Å²) >= 11 is 3.30. The number of Topliss-reactive ketones (excluding diaryl/α,β-unsaturated/α-hetero) is 1. The van der Waals surface area contributed by atoms with E-state index in [9.17, 15) is 19.7 Å². The standard InChI is InChI=1S/C15H16BrNO5/c1-22-14(19)15(8-2-3-13(15)18)12(9-17(20)21)10-4-6-11(16)7-5-10/h4-7,12H,2-3,8-9H2,1H3/t12-,15-/m1/s1. The molecule has 118 valence electrons. The lowest BCUT2D eigenvalue weighted by Gasteiger charge is -2.31. The molecule has 22 heavy (non-hydrogen) atoms. The van der Waals surface area contributed by atoms with Gasteiger partial charge in [-0.3, -0.25) is 19.7 Å². The first-order chi connectivity index (χ1) is 10.4. The fourth-order valence-corrected chi connectivity index (χ4v) is 3.45. The van der Waals surface area contributed by atoms with Gasteiger partial charge in [-0.15, -0.1) is 0 Å². The lowest BCUT2D eigenvalue weighted by Crippen LogP contribution is -2.44. The molecule has 0 spiro atoms. The van der Waals surface area contributed by atoms with Crippen LogP contribution in [0, 0.1) is 15.5 Å². The summed E-state index contributed by atoms with van der Waals surface area (Å²) in [6.07, 6.45) is 1.07. The number of rotatable bonds is 5. The van der Waals surface area contributed by atoms with E-state index in [2.05, 4.69) is 15.9 Å². The summed E-state index contributed by atoms with van der Waals surface area (Å²) in [5.41, 5.74) is -0.851. The van der Waals surface area contributed by atoms with Crippen molar-refractivity contribution in [3.8, 4) is 0 Å². The number of hydrogen-bond donors (Lipinski definition) is 0. The van der Waals surface area contributed by atoms with Crippen LogP contribution in [0.3, 0.4) is 0 Å². The fraction of sp³-hybridized carbons (Fsp3) is 0.467. The summed E-state index contributed by atoms with van der Waals surface area (Å²) in [5.74, 6) is -1.77. The number of nitro groups is 1. The van der Waals surface area contributed by atoms with E-state index in [0.29, 0.717) is 12.0 Å². The SMILES string of the molecule is COC(=O)[C@@]1([C@H](C[N+](=O)[O-])c2ccc(Br)cc2)CCCC1=O. The minimum Gasteiger partial charge on any atom is -0.468 e. The number of ether oxygens (including phenoxy) is 1. The van der Waals surface area contributed by atoms with Gasteiger partial charge in [0.05, 0.1) is 13.0 Å². The minimum absolute atomic E-state index is 0.250. The van der Waals surface area contributed by atoms with Crippen LogP contribution in [0.4, 0.5) is 0 Å². The van der Waals surface area contributed by atoms with Gasteiger partial charge in [0, 0.05) is 15.8 Å². The Morgan fingerprint density at radius 3 is 2.55 bits per heavy atom. The van der Waals surface area contributed by atoms with Crippen molar-refractivity contribution in [3.63, 3.8) is 0 Å². The maximum absolute atomic E-state index is 12.4. The van der Waals surface area contributed by atoms with Gasteiger partial charge < -0.3 is 4.74 Å². The number of ketones is 1. The molecule has 0 radical (unpaired) electrons. The van der Waals surface area contributed by atoms with Crippen molar-refractivity contribution in [1.82, 2.24) is 0 Å². The Morgan fingerprint density at radius 1 is 1.45 bits per heavy atom. The number of halogens is 1. The van der Waals surface area contributed by atoms with E-state index < -0.39 is 28.8 Å². The maximum Gasteiger partial charge on any atom is 0.320 e. The molecule has 0 saturated heterocycles. The first-order valence-corrected chi connectivity index (χ1v) is 7.70. The van der Waals surface area contributed by atoms with E-state index in [1.165, 1.54) is 7.11 Å². The summed E-state index contributed by atoms with van der Waals surface area (Å²) in [6, 6.07) is 6.89. The number of nitrogens with zero attached hydrogens (tertiary/aromatic N) is 1. The molecule has 0 heterocycles. The van der Waals surface area contributed by atoms with Crippen molar-refractivity contribution >= 4 is 27.7 Å². The Kier molecular flexibility index (Phi) is 4.95. The maximum atomic E-state index is 12.4. The smallest absolute Gasteiger partial charge is 0.320 e. The molecule has 0 unspecified atom stereocenters. The van der Waals surface area contributed by atoms with Crippen LogP contribution in [-0.2, 0) is 14.3 Å². The van der Waals surface area contributed by atoms with Crippen LogP contribution in [0.1, 0.15) is 30.7 Å².